The smallest absolute Gasteiger partial charge is 0.336 e. The number of benzene rings is 2. The molecule has 0 saturated carbocycles. The summed E-state index contributed by atoms with van der Waals surface area (Å²) in [6.07, 6.45) is 0.484. The van der Waals surface area contributed by atoms with Gasteiger partial charge in [0, 0.05) is 43.2 Å². The lowest BCUT2D eigenvalue weighted by atomic mass is 10.1. The highest BCUT2D eigenvalue weighted by atomic mass is 32.2. The third-order valence-corrected chi connectivity index (χ3v) is 6.75. The number of hydrogen-bond acceptors (Lipinski definition) is 6. The number of aryl methyl sites for hydroxylation is 1. The number of carbonyl (C=O) groups is 1. The lowest BCUT2D eigenvalue weighted by Gasteiger charge is -2.17. The van der Waals surface area contributed by atoms with Gasteiger partial charge in [-0.3, -0.25) is 4.79 Å². The van der Waals surface area contributed by atoms with Crippen LogP contribution >= 0.6 is 0 Å². The van der Waals surface area contributed by atoms with Crippen molar-refractivity contribution in [3.05, 3.63) is 64.5 Å². The number of rotatable bonds is 8. The number of fused-ring (bicyclic) bond motifs is 1. The van der Waals surface area contributed by atoms with Gasteiger partial charge in [0.1, 0.15) is 11.3 Å². The van der Waals surface area contributed by atoms with Gasteiger partial charge in [0.2, 0.25) is 15.9 Å². The van der Waals surface area contributed by atoms with Crippen molar-refractivity contribution in [3.8, 4) is 5.75 Å². The topological polar surface area (TPSA) is 106 Å². The maximum Gasteiger partial charge on any atom is 0.336 e. The minimum absolute atomic E-state index is 0.137. The quantitative estimate of drug-likeness (QED) is 0.535. The van der Waals surface area contributed by atoms with Gasteiger partial charge in [0.05, 0.1) is 12.0 Å². The van der Waals surface area contributed by atoms with Crippen LogP contribution in [-0.2, 0) is 14.8 Å². The molecule has 0 atom stereocenters. The molecule has 3 rings (SSSR count). The van der Waals surface area contributed by atoms with Crippen molar-refractivity contribution in [2.75, 3.05) is 26.0 Å². The minimum Gasteiger partial charge on any atom is -0.497 e. The van der Waals surface area contributed by atoms with E-state index in [4.69, 9.17) is 9.15 Å². The van der Waals surface area contributed by atoms with Crippen LogP contribution in [0.4, 0.5) is 5.69 Å². The van der Waals surface area contributed by atoms with Crippen molar-refractivity contribution in [2.24, 2.45) is 0 Å². The lowest BCUT2D eigenvalue weighted by Crippen LogP contribution is -2.28. The molecule has 0 aliphatic carbocycles. The number of carbonyl (C=O) groups excluding carboxylic acids is 1. The maximum absolute atomic E-state index is 12.6. The summed E-state index contributed by atoms with van der Waals surface area (Å²) in [7, 11) is -0.662. The molecule has 164 valence electrons. The molecule has 31 heavy (non-hydrogen) atoms. The molecule has 1 amide bonds. The molecule has 0 saturated heterocycles. The van der Waals surface area contributed by atoms with Gasteiger partial charge in [-0.15, -0.1) is 0 Å². The molecule has 1 heterocycles. The number of nitrogens with zero attached hydrogens (tertiary/aromatic N) is 1. The van der Waals surface area contributed by atoms with Crippen LogP contribution in [0.3, 0.4) is 0 Å². The van der Waals surface area contributed by atoms with E-state index >= 15 is 0 Å². The van der Waals surface area contributed by atoms with Crippen LogP contribution in [-0.4, -0.2) is 39.3 Å². The Hall–Kier alpha value is -3.17. The average Bonchev–Trinajstić information content (AvgIpc) is 2.73. The highest BCUT2D eigenvalue weighted by molar-refractivity contribution is 7.89. The summed E-state index contributed by atoms with van der Waals surface area (Å²) in [4.78, 5) is 24.0. The highest BCUT2D eigenvalue weighted by Crippen LogP contribution is 2.21. The molecule has 0 unspecified atom stereocenters. The largest absolute Gasteiger partial charge is 0.497 e. The number of nitrogens with one attached hydrogen (secondary N) is 1. The van der Waals surface area contributed by atoms with Gasteiger partial charge in [-0.2, -0.15) is 0 Å². The monoisotopic (exact) mass is 444 g/mol. The summed E-state index contributed by atoms with van der Waals surface area (Å²) in [5.41, 5.74) is 1.25. The van der Waals surface area contributed by atoms with Gasteiger partial charge in [-0.05, 0) is 55.3 Å². The fraction of sp³-hybridized carbons (Fsp3) is 0.273. The number of sulfonamides is 1. The minimum atomic E-state index is -3.65. The summed E-state index contributed by atoms with van der Waals surface area (Å²) in [5.74, 6) is 0.311. The Morgan fingerprint density at radius 1 is 1.13 bits per heavy atom. The van der Waals surface area contributed by atoms with Crippen molar-refractivity contribution in [1.29, 1.82) is 0 Å². The Morgan fingerprint density at radius 3 is 2.52 bits per heavy atom. The molecule has 2 aromatic carbocycles. The molecule has 1 aromatic heterocycles. The fourth-order valence-corrected chi connectivity index (χ4v) is 4.35. The van der Waals surface area contributed by atoms with Gasteiger partial charge in [0.25, 0.3) is 0 Å². The molecule has 3 aromatic rings. The van der Waals surface area contributed by atoms with Gasteiger partial charge in [-0.25, -0.2) is 17.5 Å². The molecule has 0 bridgehead atoms. The second-order valence-corrected chi connectivity index (χ2v) is 9.16. The van der Waals surface area contributed by atoms with E-state index in [1.54, 1.807) is 30.3 Å². The summed E-state index contributed by atoms with van der Waals surface area (Å²) in [6.45, 7) is 2.00. The van der Waals surface area contributed by atoms with Gasteiger partial charge >= 0.3 is 5.63 Å². The second-order valence-electron chi connectivity index (χ2n) is 7.11. The van der Waals surface area contributed by atoms with Gasteiger partial charge in [0.15, 0.2) is 0 Å². The zero-order chi connectivity index (χ0) is 22.6. The zero-order valence-corrected chi connectivity index (χ0v) is 18.4. The van der Waals surface area contributed by atoms with Crippen LogP contribution in [0, 0.1) is 6.92 Å². The highest BCUT2D eigenvalue weighted by Gasteiger charge is 2.20. The summed E-state index contributed by atoms with van der Waals surface area (Å²) in [6, 6.07) is 12.7. The van der Waals surface area contributed by atoms with Crippen LogP contribution < -0.4 is 15.7 Å². The summed E-state index contributed by atoms with van der Waals surface area (Å²) in [5, 5.41) is 3.54. The first-order chi connectivity index (χ1) is 14.7. The number of anilines is 1. The third kappa shape index (κ3) is 5.31. The number of ether oxygens (including phenoxy) is 1. The Morgan fingerprint density at radius 2 is 1.84 bits per heavy atom. The normalized spacial score (nSPS) is 11.6. The number of methoxy groups -OCH3 is 1. The molecular weight excluding hydrogens is 420 g/mol. The molecule has 8 nitrogen and oxygen atoms in total. The molecule has 9 heteroatoms. The predicted octanol–water partition coefficient (Wildman–Crippen LogP) is 3.15. The van der Waals surface area contributed by atoms with E-state index in [2.05, 4.69) is 5.32 Å². The third-order valence-electron chi connectivity index (χ3n) is 4.88. The SMILES string of the molecule is COc1ccc(S(=O)(=O)N(C)CCCC(=O)Nc2ccc3c(C)cc(=O)oc3c2)cc1. The molecule has 0 spiro atoms. The van der Waals surface area contributed by atoms with Crippen LogP contribution in [0.15, 0.2) is 62.6 Å². The van der Waals surface area contributed by atoms with Crippen molar-refractivity contribution < 1.29 is 22.4 Å². The van der Waals surface area contributed by atoms with Crippen LogP contribution in [0.5, 0.6) is 5.75 Å². The van der Waals surface area contributed by atoms with Crippen LogP contribution in [0.2, 0.25) is 0 Å². The zero-order valence-electron chi connectivity index (χ0n) is 17.5. The first-order valence-corrected chi connectivity index (χ1v) is 11.1. The van der Waals surface area contributed by atoms with E-state index in [0.717, 1.165) is 10.9 Å². The van der Waals surface area contributed by atoms with Gasteiger partial charge in [-0.1, -0.05) is 0 Å². The maximum atomic E-state index is 12.6. The van der Waals surface area contributed by atoms with E-state index in [9.17, 15) is 18.0 Å². The van der Waals surface area contributed by atoms with E-state index in [1.807, 2.05) is 6.92 Å². The average molecular weight is 445 g/mol. The van der Waals surface area contributed by atoms with E-state index in [0.29, 0.717) is 23.4 Å². The Balaban J connectivity index is 1.57. The van der Waals surface area contributed by atoms with Crippen molar-refractivity contribution in [2.45, 2.75) is 24.7 Å². The first-order valence-electron chi connectivity index (χ1n) is 9.65. The van der Waals surface area contributed by atoms with Crippen molar-refractivity contribution in [1.82, 2.24) is 4.31 Å². The Labute approximate surface area is 180 Å². The predicted molar refractivity (Wildman–Crippen MR) is 118 cm³/mol. The molecule has 0 fully saturated rings. The second kappa shape index (κ2) is 9.32. The lowest BCUT2D eigenvalue weighted by molar-refractivity contribution is -0.116. The molecule has 0 aliphatic heterocycles. The Bertz CT molecular complexity index is 1250. The molecule has 0 radical (unpaired) electrons. The summed E-state index contributed by atoms with van der Waals surface area (Å²) >= 11 is 0. The van der Waals surface area contributed by atoms with E-state index in [-0.39, 0.29) is 23.8 Å². The Kier molecular flexibility index (Phi) is 6.77. The molecular formula is C22H24N2O6S. The molecule has 0 aliphatic rings. The molecule has 1 N–H and O–H groups in total. The standard InChI is InChI=1S/C22H24N2O6S/c1-15-13-22(26)30-20-14-16(6-11-19(15)20)23-21(25)5-4-12-24(2)31(27,28)18-9-7-17(29-3)8-10-18/h6-11,13-14H,4-5,12H2,1-3H3,(H,23,25). The van der Waals surface area contributed by atoms with Crippen LogP contribution in [0.1, 0.15) is 18.4 Å². The van der Waals surface area contributed by atoms with Crippen LogP contribution in [0.25, 0.3) is 11.0 Å². The van der Waals surface area contributed by atoms with Gasteiger partial charge < -0.3 is 14.5 Å². The van der Waals surface area contributed by atoms with E-state index in [1.165, 1.54) is 36.7 Å². The number of hydrogen-bond donors (Lipinski definition) is 1. The summed E-state index contributed by atoms with van der Waals surface area (Å²) < 4.78 is 36.7. The van der Waals surface area contributed by atoms with Crippen molar-refractivity contribution in [3.63, 3.8) is 0 Å². The van der Waals surface area contributed by atoms with Crippen molar-refractivity contribution >= 4 is 32.6 Å². The fourth-order valence-electron chi connectivity index (χ4n) is 3.14. The van der Waals surface area contributed by atoms with E-state index < -0.39 is 15.6 Å². The number of amides is 1. The first kappa shape index (κ1) is 22.5.